The summed E-state index contributed by atoms with van der Waals surface area (Å²) in [7, 11) is 0. The van der Waals surface area contributed by atoms with E-state index in [1.54, 1.807) is 12.3 Å². The van der Waals surface area contributed by atoms with E-state index in [1.807, 2.05) is 6.07 Å². The highest BCUT2D eigenvalue weighted by atomic mass is 19.1. The van der Waals surface area contributed by atoms with Crippen molar-refractivity contribution in [2.75, 3.05) is 19.6 Å². The van der Waals surface area contributed by atoms with E-state index < -0.39 is 0 Å². The minimum atomic E-state index is -0.0776. The number of nitrogens with one attached hydrogen (secondary N) is 1. The standard InChI is InChI=1S/C21H24FN5O/c22-17-4-5-19(16-3-1-2-15(16)17)28-14-6-9-27(10-7-14)11-8-20-25-18-12-23-13-24-21(18)26-20/h4-5,12-14H,1-3,6-11H2,(H,23,24,25,26). The zero-order valence-corrected chi connectivity index (χ0v) is 15.8. The van der Waals surface area contributed by atoms with Crippen molar-refractivity contribution in [2.24, 2.45) is 0 Å². The second-order valence-corrected chi connectivity index (χ2v) is 7.71. The molecule has 3 aromatic rings. The molecule has 28 heavy (non-hydrogen) atoms. The second-order valence-electron chi connectivity index (χ2n) is 7.71. The molecule has 6 nitrogen and oxygen atoms in total. The maximum absolute atomic E-state index is 13.9. The van der Waals surface area contributed by atoms with Crippen LogP contribution in [0.2, 0.25) is 0 Å². The van der Waals surface area contributed by atoms with Crippen LogP contribution >= 0.6 is 0 Å². The number of H-pyrrole nitrogens is 1. The second kappa shape index (κ2) is 7.47. The van der Waals surface area contributed by atoms with Gasteiger partial charge in [0.15, 0.2) is 5.65 Å². The molecule has 1 aliphatic carbocycles. The molecule has 1 N–H and O–H groups in total. The number of ether oxygens (including phenoxy) is 1. The van der Waals surface area contributed by atoms with Crippen LogP contribution in [-0.2, 0) is 19.3 Å². The van der Waals surface area contributed by atoms with E-state index in [4.69, 9.17) is 4.74 Å². The molecular formula is C21H24FN5O. The summed E-state index contributed by atoms with van der Waals surface area (Å²) in [6.07, 6.45) is 9.16. The summed E-state index contributed by atoms with van der Waals surface area (Å²) in [5, 5.41) is 0. The van der Waals surface area contributed by atoms with Crippen molar-refractivity contribution in [3.63, 3.8) is 0 Å². The molecule has 2 aromatic heterocycles. The molecule has 1 aromatic carbocycles. The minimum absolute atomic E-state index is 0.0776. The van der Waals surface area contributed by atoms with Crippen LogP contribution in [0.4, 0.5) is 4.39 Å². The third-order valence-electron chi connectivity index (χ3n) is 5.89. The molecule has 1 aliphatic heterocycles. The van der Waals surface area contributed by atoms with Crippen LogP contribution in [0, 0.1) is 5.82 Å². The van der Waals surface area contributed by atoms with Gasteiger partial charge in [0.25, 0.3) is 0 Å². The predicted octanol–water partition coefficient (Wildman–Crippen LogP) is 3.07. The number of imidazole rings is 1. The molecule has 0 amide bonds. The van der Waals surface area contributed by atoms with Crippen LogP contribution in [0.25, 0.3) is 11.2 Å². The Morgan fingerprint density at radius 3 is 2.89 bits per heavy atom. The van der Waals surface area contributed by atoms with Crippen molar-refractivity contribution in [3.8, 4) is 5.75 Å². The molecule has 5 rings (SSSR count). The first-order chi connectivity index (χ1) is 13.8. The van der Waals surface area contributed by atoms with Gasteiger partial charge in [0.1, 0.15) is 35.3 Å². The van der Waals surface area contributed by atoms with Crippen LogP contribution in [0.5, 0.6) is 5.75 Å². The SMILES string of the molecule is Fc1ccc(OC2CCN(CCc3nc4ncncc4[nH]3)CC2)c2c1CCC2. The van der Waals surface area contributed by atoms with Gasteiger partial charge >= 0.3 is 0 Å². The summed E-state index contributed by atoms with van der Waals surface area (Å²) in [4.78, 5) is 18.4. The molecule has 146 valence electrons. The Morgan fingerprint density at radius 1 is 1.18 bits per heavy atom. The summed E-state index contributed by atoms with van der Waals surface area (Å²) >= 11 is 0. The molecule has 0 atom stereocenters. The fourth-order valence-corrected chi connectivity index (χ4v) is 4.36. The van der Waals surface area contributed by atoms with Gasteiger partial charge in [-0.2, -0.15) is 0 Å². The van der Waals surface area contributed by atoms with Gasteiger partial charge < -0.3 is 14.6 Å². The Labute approximate surface area is 163 Å². The smallest absolute Gasteiger partial charge is 0.180 e. The van der Waals surface area contributed by atoms with Crippen LogP contribution in [0.1, 0.15) is 36.2 Å². The van der Waals surface area contributed by atoms with Gasteiger partial charge in [0, 0.05) is 31.6 Å². The molecule has 0 bridgehead atoms. The van der Waals surface area contributed by atoms with Crippen LogP contribution in [0.3, 0.4) is 0 Å². The quantitative estimate of drug-likeness (QED) is 0.736. The van der Waals surface area contributed by atoms with Gasteiger partial charge in [0.2, 0.25) is 0 Å². The van der Waals surface area contributed by atoms with E-state index in [2.05, 4.69) is 24.8 Å². The Bertz CT molecular complexity index is 947. The molecule has 0 unspecified atom stereocenters. The number of piperidine rings is 1. The molecule has 1 fully saturated rings. The van der Waals surface area contributed by atoms with E-state index in [-0.39, 0.29) is 11.9 Å². The lowest BCUT2D eigenvalue weighted by molar-refractivity contribution is 0.100. The van der Waals surface area contributed by atoms with E-state index in [0.29, 0.717) is 0 Å². The zero-order valence-electron chi connectivity index (χ0n) is 15.8. The fourth-order valence-electron chi connectivity index (χ4n) is 4.36. The first kappa shape index (κ1) is 17.6. The molecule has 0 saturated carbocycles. The Balaban J connectivity index is 1.14. The topological polar surface area (TPSA) is 66.9 Å². The van der Waals surface area contributed by atoms with Crippen molar-refractivity contribution < 1.29 is 9.13 Å². The van der Waals surface area contributed by atoms with Gasteiger partial charge in [0.05, 0.1) is 6.20 Å². The predicted molar refractivity (Wildman–Crippen MR) is 104 cm³/mol. The highest BCUT2D eigenvalue weighted by Crippen LogP contribution is 2.34. The highest BCUT2D eigenvalue weighted by molar-refractivity contribution is 5.68. The number of rotatable bonds is 5. The molecule has 2 aliphatic rings. The van der Waals surface area contributed by atoms with Gasteiger partial charge in [-0.15, -0.1) is 0 Å². The minimum Gasteiger partial charge on any atom is -0.490 e. The zero-order chi connectivity index (χ0) is 18.9. The Kier molecular flexibility index (Phi) is 4.68. The number of aromatic nitrogens is 4. The van der Waals surface area contributed by atoms with Crippen LogP contribution in [0.15, 0.2) is 24.7 Å². The third kappa shape index (κ3) is 3.46. The third-order valence-corrected chi connectivity index (χ3v) is 5.89. The van der Waals surface area contributed by atoms with E-state index in [0.717, 1.165) is 92.0 Å². The summed E-state index contributed by atoms with van der Waals surface area (Å²) in [5.74, 6) is 1.78. The molecular weight excluding hydrogens is 357 g/mol. The van der Waals surface area contributed by atoms with Crippen molar-refractivity contribution in [3.05, 3.63) is 47.4 Å². The molecule has 0 radical (unpaired) electrons. The maximum Gasteiger partial charge on any atom is 0.180 e. The maximum atomic E-state index is 13.9. The molecule has 7 heteroatoms. The lowest BCUT2D eigenvalue weighted by Crippen LogP contribution is -2.39. The monoisotopic (exact) mass is 381 g/mol. The summed E-state index contributed by atoms with van der Waals surface area (Å²) in [5.41, 5.74) is 3.57. The number of likely N-dealkylation sites (tertiary alicyclic amines) is 1. The van der Waals surface area contributed by atoms with Gasteiger partial charge in [-0.1, -0.05) is 0 Å². The number of benzene rings is 1. The number of halogens is 1. The number of aromatic amines is 1. The summed E-state index contributed by atoms with van der Waals surface area (Å²) in [6, 6.07) is 3.38. The summed E-state index contributed by atoms with van der Waals surface area (Å²) < 4.78 is 20.2. The van der Waals surface area contributed by atoms with Crippen molar-refractivity contribution in [2.45, 2.75) is 44.6 Å². The normalized spacial score (nSPS) is 17.9. The molecule has 1 saturated heterocycles. The Hall–Kier alpha value is -2.54. The largest absolute Gasteiger partial charge is 0.490 e. The molecule has 3 heterocycles. The highest BCUT2D eigenvalue weighted by Gasteiger charge is 2.24. The number of hydrogen-bond donors (Lipinski definition) is 1. The van der Waals surface area contributed by atoms with Crippen LogP contribution in [-0.4, -0.2) is 50.6 Å². The Morgan fingerprint density at radius 2 is 2.04 bits per heavy atom. The average molecular weight is 381 g/mol. The lowest BCUT2D eigenvalue weighted by atomic mass is 10.1. The van der Waals surface area contributed by atoms with E-state index >= 15 is 0 Å². The van der Waals surface area contributed by atoms with Gasteiger partial charge in [-0.05, 0) is 49.8 Å². The van der Waals surface area contributed by atoms with Gasteiger partial charge in [-0.3, -0.25) is 0 Å². The number of nitrogens with zero attached hydrogens (tertiary/aromatic N) is 4. The van der Waals surface area contributed by atoms with Crippen LogP contribution < -0.4 is 4.74 Å². The van der Waals surface area contributed by atoms with Crippen molar-refractivity contribution in [1.29, 1.82) is 0 Å². The number of fused-ring (bicyclic) bond motifs is 2. The summed E-state index contributed by atoms with van der Waals surface area (Å²) in [6.45, 7) is 2.98. The first-order valence-electron chi connectivity index (χ1n) is 10.1. The lowest BCUT2D eigenvalue weighted by Gasteiger charge is -2.32. The van der Waals surface area contributed by atoms with Crippen molar-refractivity contribution >= 4 is 11.2 Å². The van der Waals surface area contributed by atoms with E-state index in [9.17, 15) is 4.39 Å². The first-order valence-corrected chi connectivity index (χ1v) is 10.1. The van der Waals surface area contributed by atoms with Crippen molar-refractivity contribution in [1.82, 2.24) is 24.8 Å². The van der Waals surface area contributed by atoms with Gasteiger partial charge in [-0.25, -0.2) is 19.3 Å². The number of hydrogen-bond acceptors (Lipinski definition) is 5. The molecule has 0 spiro atoms. The fraction of sp³-hybridized carbons (Fsp3) is 0.476. The van der Waals surface area contributed by atoms with E-state index in [1.165, 1.54) is 6.33 Å². The average Bonchev–Trinajstić information content (AvgIpc) is 3.37.